The number of hydrogen-bond acceptors (Lipinski definition) is 3. The Bertz CT molecular complexity index is 1170. The number of benzene rings is 3. The highest BCUT2D eigenvalue weighted by molar-refractivity contribution is 6.04. The number of rotatable bonds is 5. The summed E-state index contributed by atoms with van der Waals surface area (Å²) in [5.41, 5.74) is 4.55. The van der Waals surface area contributed by atoms with Gasteiger partial charge in [-0.2, -0.15) is 0 Å². The second-order valence-electron chi connectivity index (χ2n) is 7.10. The van der Waals surface area contributed by atoms with Crippen molar-refractivity contribution in [2.75, 3.05) is 5.32 Å². The highest BCUT2D eigenvalue weighted by Crippen LogP contribution is 2.29. The van der Waals surface area contributed by atoms with Crippen molar-refractivity contribution in [2.45, 2.75) is 26.2 Å². The van der Waals surface area contributed by atoms with Crippen molar-refractivity contribution in [2.24, 2.45) is 0 Å². The van der Waals surface area contributed by atoms with E-state index in [1.54, 1.807) is 6.07 Å². The van der Waals surface area contributed by atoms with E-state index >= 15 is 0 Å². The molecule has 5 heteroatoms. The summed E-state index contributed by atoms with van der Waals surface area (Å²) in [5.74, 6) is 0.276. The van der Waals surface area contributed by atoms with Crippen molar-refractivity contribution in [1.29, 1.82) is 0 Å². The molecule has 0 fully saturated rings. The Morgan fingerprint density at radius 2 is 1.90 bits per heavy atom. The summed E-state index contributed by atoms with van der Waals surface area (Å²) in [4.78, 5) is 17.0. The van der Waals surface area contributed by atoms with Crippen molar-refractivity contribution in [3.63, 3.8) is 0 Å². The van der Waals surface area contributed by atoms with Crippen molar-refractivity contribution in [1.82, 2.24) is 4.98 Å². The number of nitrogens with one attached hydrogen (secondary N) is 1. The minimum Gasteiger partial charge on any atom is -0.436 e. The van der Waals surface area contributed by atoms with Gasteiger partial charge in [0.15, 0.2) is 5.58 Å². The summed E-state index contributed by atoms with van der Waals surface area (Å²) in [6, 6.07) is 18.8. The lowest BCUT2D eigenvalue weighted by molar-refractivity contribution is 0.102. The van der Waals surface area contributed by atoms with Crippen LogP contribution in [0.1, 0.15) is 42.1 Å². The Balaban J connectivity index is 1.59. The molecule has 1 unspecified atom stereocenters. The van der Waals surface area contributed by atoms with Crippen molar-refractivity contribution in [3.05, 3.63) is 83.7 Å². The molecular weight excluding hydrogens is 367 g/mol. The zero-order valence-electron chi connectivity index (χ0n) is 16.3. The summed E-state index contributed by atoms with van der Waals surface area (Å²) in [6.45, 7) is 4.35. The topological polar surface area (TPSA) is 55.1 Å². The molecule has 0 aliphatic carbocycles. The van der Waals surface area contributed by atoms with Crippen LogP contribution in [0.4, 0.5) is 10.1 Å². The zero-order valence-corrected chi connectivity index (χ0v) is 16.3. The maximum absolute atomic E-state index is 13.0. The first kappa shape index (κ1) is 18.9. The molecule has 0 saturated carbocycles. The molecule has 4 rings (SSSR count). The van der Waals surface area contributed by atoms with Crippen molar-refractivity contribution in [3.8, 4) is 11.5 Å². The van der Waals surface area contributed by atoms with E-state index in [0.717, 1.165) is 23.1 Å². The lowest BCUT2D eigenvalue weighted by Crippen LogP contribution is -2.11. The van der Waals surface area contributed by atoms with Crippen LogP contribution in [0.5, 0.6) is 0 Å². The number of carbonyl (C=O) groups is 1. The van der Waals surface area contributed by atoms with Crippen LogP contribution in [-0.4, -0.2) is 10.9 Å². The minimum atomic E-state index is -0.379. The highest BCUT2D eigenvalue weighted by atomic mass is 19.1. The summed E-state index contributed by atoms with van der Waals surface area (Å²) in [5, 5.41) is 2.82. The minimum absolute atomic E-state index is 0.307. The maximum Gasteiger partial charge on any atom is 0.255 e. The number of oxazole rings is 1. The van der Waals surface area contributed by atoms with E-state index in [-0.39, 0.29) is 11.7 Å². The average molecular weight is 388 g/mol. The third-order valence-corrected chi connectivity index (χ3v) is 5.07. The Kier molecular flexibility index (Phi) is 5.12. The van der Waals surface area contributed by atoms with Gasteiger partial charge in [0, 0.05) is 16.8 Å². The third kappa shape index (κ3) is 4.04. The van der Waals surface area contributed by atoms with Crippen LogP contribution in [0.2, 0.25) is 0 Å². The van der Waals surface area contributed by atoms with Gasteiger partial charge in [-0.3, -0.25) is 4.79 Å². The van der Waals surface area contributed by atoms with Gasteiger partial charge in [0.25, 0.3) is 5.91 Å². The molecule has 1 heterocycles. The van der Waals surface area contributed by atoms with E-state index < -0.39 is 0 Å². The molecule has 29 heavy (non-hydrogen) atoms. The molecule has 1 amide bonds. The molecule has 0 radical (unpaired) electrons. The number of halogens is 1. The molecule has 4 nitrogen and oxygen atoms in total. The van der Waals surface area contributed by atoms with Crippen LogP contribution in [0, 0.1) is 5.82 Å². The van der Waals surface area contributed by atoms with E-state index in [4.69, 9.17) is 4.42 Å². The van der Waals surface area contributed by atoms with Gasteiger partial charge in [-0.15, -0.1) is 0 Å². The van der Waals surface area contributed by atoms with Gasteiger partial charge in [-0.1, -0.05) is 26.0 Å². The van der Waals surface area contributed by atoms with E-state index in [2.05, 4.69) is 36.3 Å². The fourth-order valence-electron chi connectivity index (χ4n) is 3.14. The smallest absolute Gasteiger partial charge is 0.255 e. The van der Waals surface area contributed by atoms with Gasteiger partial charge in [-0.05, 0) is 72.5 Å². The van der Waals surface area contributed by atoms with Gasteiger partial charge in [0.2, 0.25) is 5.89 Å². The zero-order chi connectivity index (χ0) is 20.4. The molecule has 1 N–H and O–H groups in total. The van der Waals surface area contributed by atoms with Gasteiger partial charge in [-0.25, -0.2) is 9.37 Å². The van der Waals surface area contributed by atoms with Crippen LogP contribution >= 0.6 is 0 Å². The number of nitrogens with zero attached hydrogens (tertiary/aromatic N) is 1. The Morgan fingerprint density at radius 1 is 1.10 bits per heavy atom. The Labute approximate surface area is 168 Å². The largest absolute Gasteiger partial charge is 0.436 e. The fourth-order valence-corrected chi connectivity index (χ4v) is 3.14. The fraction of sp³-hybridized carbons (Fsp3) is 0.167. The van der Waals surface area contributed by atoms with Crippen molar-refractivity contribution >= 4 is 22.7 Å². The molecule has 0 aliphatic rings. The maximum atomic E-state index is 13.0. The molecular formula is C24H21FN2O2. The Morgan fingerprint density at radius 3 is 2.66 bits per heavy atom. The summed E-state index contributed by atoms with van der Waals surface area (Å²) >= 11 is 0. The number of aromatic nitrogens is 1. The van der Waals surface area contributed by atoms with Crippen LogP contribution in [-0.2, 0) is 0 Å². The quantitative estimate of drug-likeness (QED) is 0.430. The monoisotopic (exact) mass is 388 g/mol. The van der Waals surface area contributed by atoms with Crippen molar-refractivity contribution < 1.29 is 13.6 Å². The lowest BCUT2D eigenvalue weighted by atomic mass is 9.98. The third-order valence-electron chi connectivity index (χ3n) is 5.07. The SMILES string of the molecule is CCC(C)c1ccc2oc(-c3cccc(NC(=O)c4ccc(F)cc4)c3)nc2c1. The summed E-state index contributed by atoms with van der Waals surface area (Å²) in [7, 11) is 0. The molecule has 0 aliphatic heterocycles. The van der Waals surface area contributed by atoms with Gasteiger partial charge < -0.3 is 9.73 Å². The predicted octanol–water partition coefficient (Wildman–Crippen LogP) is 6.40. The molecule has 4 aromatic rings. The predicted molar refractivity (Wildman–Crippen MR) is 113 cm³/mol. The molecule has 146 valence electrons. The molecule has 0 spiro atoms. The number of carbonyl (C=O) groups excluding carboxylic acids is 1. The standard InChI is InChI=1S/C24H21FN2O2/c1-3-15(2)17-9-12-22-21(14-17)27-24(29-22)18-5-4-6-20(13-18)26-23(28)16-7-10-19(25)11-8-16/h4-15H,3H2,1-2H3,(H,26,28). The van der Waals surface area contributed by atoms with Crippen LogP contribution in [0.15, 0.2) is 71.1 Å². The normalized spacial score (nSPS) is 12.1. The van der Waals surface area contributed by atoms with Crippen LogP contribution in [0.3, 0.4) is 0 Å². The van der Waals surface area contributed by atoms with E-state index in [1.807, 2.05) is 24.3 Å². The Hall–Kier alpha value is -3.47. The van der Waals surface area contributed by atoms with Crippen LogP contribution in [0.25, 0.3) is 22.6 Å². The number of amides is 1. The number of hydrogen-bond donors (Lipinski definition) is 1. The van der Waals surface area contributed by atoms with E-state index in [0.29, 0.717) is 23.1 Å². The molecule has 0 bridgehead atoms. The van der Waals surface area contributed by atoms with Gasteiger partial charge in [0.1, 0.15) is 11.3 Å². The van der Waals surface area contributed by atoms with E-state index in [9.17, 15) is 9.18 Å². The second-order valence-corrected chi connectivity index (χ2v) is 7.10. The molecule has 1 aromatic heterocycles. The number of anilines is 1. The highest BCUT2D eigenvalue weighted by Gasteiger charge is 2.12. The summed E-state index contributed by atoms with van der Waals surface area (Å²) < 4.78 is 19.0. The van der Waals surface area contributed by atoms with Gasteiger partial charge in [0.05, 0.1) is 0 Å². The van der Waals surface area contributed by atoms with Gasteiger partial charge >= 0.3 is 0 Å². The summed E-state index contributed by atoms with van der Waals surface area (Å²) in [6.07, 6.45) is 1.06. The van der Waals surface area contributed by atoms with Crippen LogP contribution < -0.4 is 5.32 Å². The lowest BCUT2D eigenvalue weighted by Gasteiger charge is -2.07. The molecule has 1 atom stereocenters. The van der Waals surface area contributed by atoms with E-state index in [1.165, 1.54) is 29.8 Å². The molecule has 0 saturated heterocycles. The second kappa shape index (κ2) is 7.87. The first-order valence-corrected chi connectivity index (χ1v) is 9.61. The average Bonchev–Trinajstić information content (AvgIpc) is 3.17. The first-order chi connectivity index (χ1) is 14.0. The molecule has 3 aromatic carbocycles. The first-order valence-electron chi connectivity index (χ1n) is 9.61. The number of fused-ring (bicyclic) bond motifs is 1.